The normalized spacial score (nSPS) is 25.1. The first-order chi connectivity index (χ1) is 15.9. The Kier molecular flexibility index (Phi) is 4.04. The van der Waals surface area contributed by atoms with Crippen molar-refractivity contribution < 1.29 is 28.3 Å². The Morgan fingerprint density at radius 3 is 2.03 bits per heavy atom. The average molecular weight is 441 g/mol. The van der Waals surface area contributed by atoms with E-state index in [1.807, 2.05) is 0 Å². The molecular formula is C26H16FNO5. The predicted octanol–water partition coefficient (Wildman–Crippen LogP) is 3.52. The number of imide groups is 1. The summed E-state index contributed by atoms with van der Waals surface area (Å²) in [6.45, 7) is 0. The number of fused-ring (bicyclic) bond motifs is 3. The SMILES string of the molecule is O=C1[C@H]2[C@H](c3ccccc3)OC3(C(=O)c4ccccc4C3=O)[C@H]2C(=O)N1c1cccc(F)c1. The minimum atomic E-state index is -2.14. The number of carbonyl (C=O) groups is 4. The van der Waals surface area contributed by atoms with E-state index in [0.717, 1.165) is 11.0 Å². The van der Waals surface area contributed by atoms with Crippen molar-refractivity contribution >= 4 is 29.1 Å². The Balaban J connectivity index is 1.56. The van der Waals surface area contributed by atoms with Gasteiger partial charge in [0.2, 0.25) is 29.0 Å². The minimum Gasteiger partial charge on any atom is -0.349 e. The highest BCUT2D eigenvalue weighted by Gasteiger charge is 2.74. The molecule has 6 nitrogen and oxygen atoms in total. The molecule has 162 valence electrons. The predicted molar refractivity (Wildman–Crippen MR) is 114 cm³/mol. The largest absolute Gasteiger partial charge is 0.349 e. The van der Waals surface area contributed by atoms with E-state index in [1.165, 1.54) is 30.3 Å². The molecule has 3 atom stereocenters. The van der Waals surface area contributed by atoms with E-state index in [9.17, 15) is 23.6 Å². The highest BCUT2D eigenvalue weighted by molar-refractivity contribution is 6.37. The zero-order valence-corrected chi connectivity index (χ0v) is 17.1. The van der Waals surface area contributed by atoms with Crippen molar-refractivity contribution in [3.63, 3.8) is 0 Å². The minimum absolute atomic E-state index is 0.0526. The van der Waals surface area contributed by atoms with Crippen molar-refractivity contribution in [3.05, 3.63) is 101 Å². The van der Waals surface area contributed by atoms with Crippen LogP contribution in [0.25, 0.3) is 0 Å². The summed E-state index contributed by atoms with van der Waals surface area (Å²) in [5, 5.41) is 0. The van der Waals surface area contributed by atoms with Gasteiger partial charge in [-0.3, -0.25) is 19.2 Å². The van der Waals surface area contributed by atoms with Gasteiger partial charge in [-0.05, 0) is 23.8 Å². The van der Waals surface area contributed by atoms with E-state index in [-0.39, 0.29) is 16.8 Å². The molecule has 0 aromatic heterocycles. The topological polar surface area (TPSA) is 80.8 Å². The van der Waals surface area contributed by atoms with Gasteiger partial charge in [-0.1, -0.05) is 60.7 Å². The second kappa shape index (κ2) is 6.76. The van der Waals surface area contributed by atoms with Gasteiger partial charge in [0.1, 0.15) is 5.82 Å². The molecule has 0 radical (unpaired) electrons. The van der Waals surface area contributed by atoms with E-state index < -0.39 is 52.7 Å². The lowest BCUT2D eigenvalue weighted by molar-refractivity contribution is -0.127. The lowest BCUT2D eigenvalue weighted by Gasteiger charge is -2.27. The maximum absolute atomic E-state index is 13.9. The first-order valence-corrected chi connectivity index (χ1v) is 10.5. The summed E-state index contributed by atoms with van der Waals surface area (Å²) in [6, 6.07) is 20.1. The van der Waals surface area contributed by atoms with Gasteiger partial charge in [0.05, 0.1) is 23.6 Å². The van der Waals surface area contributed by atoms with Crippen LogP contribution < -0.4 is 4.90 Å². The Bertz CT molecular complexity index is 1330. The van der Waals surface area contributed by atoms with Crippen LogP contribution in [0.1, 0.15) is 32.4 Å². The van der Waals surface area contributed by atoms with Crippen LogP contribution in [-0.2, 0) is 14.3 Å². The molecule has 0 unspecified atom stereocenters. The van der Waals surface area contributed by atoms with Gasteiger partial charge in [-0.2, -0.15) is 0 Å². The zero-order valence-electron chi connectivity index (χ0n) is 17.1. The standard InChI is InChI=1S/C26H16FNO5/c27-15-9-6-10-16(13-15)28-24(31)19-20(25(28)32)26(33-21(19)14-7-2-1-3-8-14)22(29)17-11-4-5-12-18(17)23(26)30/h1-13,19-21H/t19-,20-,21+/m1/s1. The molecule has 0 saturated carbocycles. The number of halogens is 1. The number of amides is 2. The number of carbonyl (C=O) groups excluding carboxylic acids is 4. The molecule has 0 bridgehead atoms. The Labute approximate surface area is 187 Å². The van der Waals surface area contributed by atoms with Crippen LogP contribution in [0.2, 0.25) is 0 Å². The average Bonchev–Trinajstić information content (AvgIpc) is 3.40. The van der Waals surface area contributed by atoms with E-state index in [2.05, 4.69) is 0 Å². The third kappa shape index (κ3) is 2.45. The number of ketones is 2. The van der Waals surface area contributed by atoms with Crippen molar-refractivity contribution in [2.24, 2.45) is 11.8 Å². The number of nitrogens with zero attached hydrogens (tertiary/aromatic N) is 1. The van der Waals surface area contributed by atoms with Gasteiger partial charge in [-0.25, -0.2) is 9.29 Å². The third-order valence-electron chi connectivity index (χ3n) is 6.71. The molecule has 3 aromatic rings. The van der Waals surface area contributed by atoms with Gasteiger partial charge in [0.25, 0.3) is 0 Å². The van der Waals surface area contributed by atoms with Crippen LogP contribution in [0.3, 0.4) is 0 Å². The monoisotopic (exact) mass is 441 g/mol. The van der Waals surface area contributed by atoms with Crippen LogP contribution in [0.4, 0.5) is 10.1 Å². The number of anilines is 1. The molecule has 2 fully saturated rings. The van der Waals surface area contributed by atoms with E-state index in [4.69, 9.17) is 4.74 Å². The molecule has 7 heteroatoms. The highest BCUT2D eigenvalue weighted by atomic mass is 19.1. The summed E-state index contributed by atoms with van der Waals surface area (Å²) in [6.07, 6.45) is -0.992. The first-order valence-electron chi connectivity index (χ1n) is 10.5. The molecule has 6 rings (SSSR count). The molecule has 1 spiro atoms. The molecule has 2 heterocycles. The summed E-state index contributed by atoms with van der Waals surface area (Å²) >= 11 is 0. The van der Waals surface area contributed by atoms with E-state index in [1.54, 1.807) is 42.5 Å². The molecule has 1 aliphatic carbocycles. The van der Waals surface area contributed by atoms with Crippen molar-refractivity contribution in [1.29, 1.82) is 0 Å². The first kappa shape index (κ1) is 19.7. The summed E-state index contributed by atoms with van der Waals surface area (Å²) in [5.41, 5.74) is -1.18. The van der Waals surface area contributed by atoms with Crippen LogP contribution in [-0.4, -0.2) is 29.0 Å². The molecule has 33 heavy (non-hydrogen) atoms. The second-order valence-corrected chi connectivity index (χ2v) is 8.38. The summed E-state index contributed by atoms with van der Waals surface area (Å²) < 4.78 is 20.1. The number of benzene rings is 3. The molecule has 0 N–H and O–H groups in total. The molecule has 2 amide bonds. The molecule has 3 aromatic carbocycles. The zero-order chi connectivity index (χ0) is 22.9. The number of hydrogen-bond donors (Lipinski definition) is 0. The lowest BCUT2D eigenvalue weighted by Crippen LogP contribution is -2.51. The molecule has 2 saturated heterocycles. The van der Waals surface area contributed by atoms with Crippen molar-refractivity contribution in [3.8, 4) is 0 Å². The molecule has 3 aliphatic rings. The highest BCUT2D eigenvalue weighted by Crippen LogP contribution is 2.57. The summed E-state index contributed by atoms with van der Waals surface area (Å²) in [5.74, 6) is -5.70. The molecule has 2 aliphatic heterocycles. The van der Waals surface area contributed by atoms with Gasteiger partial charge in [-0.15, -0.1) is 0 Å². The second-order valence-electron chi connectivity index (χ2n) is 8.38. The van der Waals surface area contributed by atoms with E-state index >= 15 is 0 Å². The summed E-state index contributed by atoms with van der Waals surface area (Å²) in [7, 11) is 0. The van der Waals surface area contributed by atoms with Crippen LogP contribution in [0, 0.1) is 17.7 Å². The van der Waals surface area contributed by atoms with Crippen LogP contribution >= 0.6 is 0 Å². The fourth-order valence-corrected chi connectivity index (χ4v) is 5.33. The number of rotatable bonds is 2. The maximum atomic E-state index is 13.9. The smallest absolute Gasteiger partial charge is 0.241 e. The van der Waals surface area contributed by atoms with Crippen molar-refractivity contribution in [2.75, 3.05) is 4.90 Å². The van der Waals surface area contributed by atoms with Gasteiger partial charge < -0.3 is 4.74 Å². The Morgan fingerprint density at radius 2 is 1.39 bits per heavy atom. The number of hydrogen-bond acceptors (Lipinski definition) is 5. The quantitative estimate of drug-likeness (QED) is 0.449. The van der Waals surface area contributed by atoms with Gasteiger partial charge in [0.15, 0.2) is 0 Å². The number of ether oxygens (including phenoxy) is 1. The Hall–Kier alpha value is -3.97. The fourth-order valence-electron chi connectivity index (χ4n) is 5.33. The molecular weight excluding hydrogens is 425 g/mol. The van der Waals surface area contributed by atoms with Crippen LogP contribution in [0.15, 0.2) is 78.9 Å². The van der Waals surface area contributed by atoms with Crippen molar-refractivity contribution in [1.82, 2.24) is 0 Å². The Morgan fingerprint density at radius 1 is 0.758 bits per heavy atom. The van der Waals surface area contributed by atoms with E-state index in [0.29, 0.717) is 5.56 Å². The lowest BCUT2D eigenvalue weighted by atomic mass is 9.77. The van der Waals surface area contributed by atoms with Crippen LogP contribution in [0.5, 0.6) is 0 Å². The third-order valence-corrected chi connectivity index (χ3v) is 6.71. The van der Waals surface area contributed by atoms with Crippen molar-refractivity contribution in [2.45, 2.75) is 11.7 Å². The fraction of sp³-hybridized carbons (Fsp3) is 0.154. The maximum Gasteiger partial charge on any atom is 0.241 e. The number of Topliss-reactive ketones (excluding diaryl/α,β-unsaturated/α-hetero) is 2. The van der Waals surface area contributed by atoms with Gasteiger partial charge >= 0.3 is 0 Å². The van der Waals surface area contributed by atoms with Gasteiger partial charge in [0, 0.05) is 11.1 Å². The summed E-state index contributed by atoms with van der Waals surface area (Å²) in [4.78, 5) is 55.4.